The van der Waals surface area contributed by atoms with E-state index in [1.807, 2.05) is 18.3 Å². The molecule has 2 heterocycles. The van der Waals surface area contributed by atoms with Gasteiger partial charge in [0.15, 0.2) is 0 Å². The van der Waals surface area contributed by atoms with Gasteiger partial charge < -0.3 is 5.73 Å². The molecule has 2 N–H and O–H groups in total. The van der Waals surface area contributed by atoms with Crippen molar-refractivity contribution in [2.45, 2.75) is 38.4 Å². The van der Waals surface area contributed by atoms with Crippen molar-refractivity contribution in [2.24, 2.45) is 5.73 Å². The van der Waals surface area contributed by atoms with Crippen molar-refractivity contribution >= 4 is 0 Å². The lowest BCUT2D eigenvalue weighted by atomic mass is 10.1. The molecule has 0 saturated carbocycles. The van der Waals surface area contributed by atoms with Crippen LogP contribution in [0.5, 0.6) is 0 Å². The summed E-state index contributed by atoms with van der Waals surface area (Å²) in [6.45, 7) is 5.52. The zero-order chi connectivity index (χ0) is 10.8. The van der Waals surface area contributed by atoms with Crippen LogP contribution in [0.1, 0.15) is 32.0 Å². The van der Waals surface area contributed by atoms with Gasteiger partial charge in [0.1, 0.15) is 0 Å². The first-order chi connectivity index (χ1) is 7.20. The van der Waals surface area contributed by atoms with Crippen LogP contribution in [-0.4, -0.2) is 28.5 Å². The molecule has 1 aromatic rings. The second-order valence-corrected chi connectivity index (χ2v) is 4.48. The molecule has 1 aliphatic heterocycles. The monoisotopic (exact) mass is 205 g/mol. The number of nitrogens with zero attached hydrogens (tertiary/aromatic N) is 2. The highest BCUT2D eigenvalue weighted by Gasteiger charge is 2.34. The molecule has 0 aromatic carbocycles. The Hall–Kier alpha value is -0.930. The average Bonchev–Trinajstić information content (AvgIpc) is 2.61. The highest BCUT2D eigenvalue weighted by atomic mass is 15.2. The first kappa shape index (κ1) is 10.6. The molecule has 1 aliphatic rings. The van der Waals surface area contributed by atoms with E-state index >= 15 is 0 Å². The summed E-state index contributed by atoms with van der Waals surface area (Å²) in [5, 5.41) is 0. The van der Waals surface area contributed by atoms with Crippen LogP contribution in [0, 0.1) is 0 Å². The first-order valence-corrected chi connectivity index (χ1v) is 5.62. The van der Waals surface area contributed by atoms with Crippen LogP contribution in [0.3, 0.4) is 0 Å². The molecule has 3 heteroatoms. The molecular formula is C12H19N3. The van der Waals surface area contributed by atoms with Gasteiger partial charge in [-0.2, -0.15) is 0 Å². The third-order valence-electron chi connectivity index (χ3n) is 3.14. The molecule has 1 saturated heterocycles. The van der Waals surface area contributed by atoms with Crippen LogP contribution < -0.4 is 5.73 Å². The predicted octanol–water partition coefficient (Wildman–Crippen LogP) is 1.56. The second-order valence-electron chi connectivity index (χ2n) is 4.48. The van der Waals surface area contributed by atoms with E-state index < -0.39 is 0 Å². The van der Waals surface area contributed by atoms with Gasteiger partial charge in [-0.3, -0.25) is 9.88 Å². The molecule has 2 rings (SSSR count). The molecule has 0 spiro atoms. The standard InChI is InChI=1S/C12H19N3/c1-9(2)15-8-6-10(13)12(15)11-5-3-4-7-14-11/h3-5,7,9-10,12H,6,8,13H2,1-2H3/t10-,12-/m0/s1. The molecule has 0 radical (unpaired) electrons. The highest BCUT2D eigenvalue weighted by Crippen LogP contribution is 2.31. The number of aromatic nitrogens is 1. The summed E-state index contributed by atoms with van der Waals surface area (Å²) in [7, 11) is 0. The highest BCUT2D eigenvalue weighted by molar-refractivity contribution is 5.13. The molecule has 0 aliphatic carbocycles. The molecule has 1 fully saturated rings. The SMILES string of the molecule is CC(C)N1CC[C@H](N)[C@H]1c1ccccn1. The smallest absolute Gasteiger partial charge is 0.0676 e. The molecule has 82 valence electrons. The van der Waals surface area contributed by atoms with Gasteiger partial charge in [0.05, 0.1) is 11.7 Å². The Morgan fingerprint density at radius 3 is 2.87 bits per heavy atom. The zero-order valence-electron chi connectivity index (χ0n) is 9.43. The molecule has 2 atom stereocenters. The van der Waals surface area contributed by atoms with Crippen molar-refractivity contribution < 1.29 is 0 Å². The predicted molar refractivity (Wildman–Crippen MR) is 61.4 cm³/mol. The van der Waals surface area contributed by atoms with Gasteiger partial charge in [-0.15, -0.1) is 0 Å². The Kier molecular flexibility index (Phi) is 3.03. The lowest BCUT2D eigenvalue weighted by Crippen LogP contribution is -2.36. The van der Waals surface area contributed by atoms with Crippen LogP contribution in [0.15, 0.2) is 24.4 Å². The number of pyridine rings is 1. The van der Waals surface area contributed by atoms with Crippen LogP contribution in [0.4, 0.5) is 0 Å². The third-order valence-corrected chi connectivity index (χ3v) is 3.14. The maximum atomic E-state index is 6.16. The van der Waals surface area contributed by atoms with Crippen molar-refractivity contribution in [3.05, 3.63) is 30.1 Å². The molecular weight excluding hydrogens is 186 g/mol. The van der Waals surface area contributed by atoms with Crippen molar-refractivity contribution in [3.8, 4) is 0 Å². The van der Waals surface area contributed by atoms with Crippen LogP contribution in [-0.2, 0) is 0 Å². The fourth-order valence-corrected chi connectivity index (χ4v) is 2.36. The van der Waals surface area contributed by atoms with E-state index in [1.165, 1.54) is 0 Å². The van der Waals surface area contributed by atoms with E-state index in [0.29, 0.717) is 12.1 Å². The quantitative estimate of drug-likeness (QED) is 0.796. The van der Waals surface area contributed by atoms with E-state index in [4.69, 9.17) is 5.73 Å². The van der Waals surface area contributed by atoms with E-state index in [0.717, 1.165) is 18.7 Å². The minimum absolute atomic E-state index is 0.224. The maximum absolute atomic E-state index is 6.16. The Balaban J connectivity index is 2.25. The van der Waals surface area contributed by atoms with Crippen molar-refractivity contribution in [1.29, 1.82) is 0 Å². The molecule has 3 nitrogen and oxygen atoms in total. The van der Waals surface area contributed by atoms with Crippen molar-refractivity contribution in [3.63, 3.8) is 0 Å². The minimum Gasteiger partial charge on any atom is -0.326 e. The molecule has 15 heavy (non-hydrogen) atoms. The van der Waals surface area contributed by atoms with E-state index in [1.54, 1.807) is 0 Å². The zero-order valence-corrected chi connectivity index (χ0v) is 9.43. The summed E-state index contributed by atoms with van der Waals surface area (Å²) in [4.78, 5) is 6.86. The number of rotatable bonds is 2. The summed E-state index contributed by atoms with van der Waals surface area (Å²) in [6, 6.07) is 7.11. The third kappa shape index (κ3) is 2.03. The van der Waals surface area contributed by atoms with Gasteiger partial charge in [0, 0.05) is 24.8 Å². The van der Waals surface area contributed by atoms with Gasteiger partial charge in [-0.05, 0) is 32.4 Å². The van der Waals surface area contributed by atoms with Crippen LogP contribution in [0.25, 0.3) is 0 Å². The molecule has 0 bridgehead atoms. The first-order valence-electron chi connectivity index (χ1n) is 5.62. The van der Waals surface area contributed by atoms with Crippen molar-refractivity contribution in [2.75, 3.05) is 6.54 Å². The number of likely N-dealkylation sites (tertiary alicyclic amines) is 1. The lowest BCUT2D eigenvalue weighted by molar-refractivity contribution is 0.195. The van der Waals surface area contributed by atoms with Gasteiger partial charge >= 0.3 is 0 Å². The largest absolute Gasteiger partial charge is 0.326 e. The van der Waals surface area contributed by atoms with E-state index in [2.05, 4.69) is 29.8 Å². The Labute approximate surface area is 91.3 Å². The van der Waals surface area contributed by atoms with E-state index in [9.17, 15) is 0 Å². The molecule has 1 aromatic heterocycles. The number of hydrogen-bond acceptors (Lipinski definition) is 3. The lowest BCUT2D eigenvalue weighted by Gasteiger charge is -2.29. The Morgan fingerprint density at radius 1 is 1.47 bits per heavy atom. The summed E-state index contributed by atoms with van der Waals surface area (Å²) in [5.41, 5.74) is 7.27. The van der Waals surface area contributed by atoms with Crippen LogP contribution >= 0.6 is 0 Å². The van der Waals surface area contributed by atoms with Gasteiger partial charge in [-0.25, -0.2) is 0 Å². The number of nitrogens with two attached hydrogens (primary N) is 1. The van der Waals surface area contributed by atoms with E-state index in [-0.39, 0.29) is 6.04 Å². The summed E-state index contributed by atoms with van der Waals surface area (Å²) >= 11 is 0. The average molecular weight is 205 g/mol. The Bertz CT molecular complexity index is 310. The van der Waals surface area contributed by atoms with Crippen LogP contribution in [0.2, 0.25) is 0 Å². The van der Waals surface area contributed by atoms with Gasteiger partial charge in [0.25, 0.3) is 0 Å². The summed E-state index contributed by atoms with van der Waals surface area (Å²) in [5.74, 6) is 0. The summed E-state index contributed by atoms with van der Waals surface area (Å²) in [6.07, 6.45) is 2.91. The normalized spacial score (nSPS) is 27.5. The fourth-order valence-electron chi connectivity index (χ4n) is 2.36. The Morgan fingerprint density at radius 2 is 2.27 bits per heavy atom. The summed E-state index contributed by atoms with van der Waals surface area (Å²) < 4.78 is 0. The van der Waals surface area contributed by atoms with Gasteiger partial charge in [0.2, 0.25) is 0 Å². The minimum atomic E-state index is 0.224. The molecule has 0 amide bonds. The second kappa shape index (κ2) is 4.29. The van der Waals surface area contributed by atoms with Crippen molar-refractivity contribution in [1.82, 2.24) is 9.88 Å². The maximum Gasteiger partial charge on any atom is 0.0676 e. The van der Waals surface area contributed by atoms with Gasteiger partial charge in [-0.1, -0.05) is 6.07 Å². The number of hydrogen-bond donors (Lipinski definition) is 1. The topological polar surface area (TPSA) is 42.1 Å². The molecule has 0 unspecified atom stereocenters. The fraction of sp³-hybridized carbons (Fsp3) is 0.583.